The van der Waals surface area contributed by atoms with Crippen LogP contribution in [0.3, 0.4) is 0 Å². The van der Waals surface area contributed by atoms with Gasteiger partial charge in [0.15, 0.2) is 11.5 Å². The zero-order chi connectivity index (χ0) is 12.5. The van der Waals surface area contributed by atoms with Crippen LogP contribution in [0.2, 0.25) is 0 Å². The molecule has 0 bridgehead atoms. The molecule has 1 N–H and O–H groups in total. The molecule has 1 fully saturated rings. The molecule has 1 aliphatic carbocycles. The van der Waals surface area contributed by atoms with Gasteiger partial charge in [-0.05, 0) is 42.9 Å². The molecule has 18 heavy (non-hydrogen) atoms. The number of rotatable bonds is 3. The fraction of sp³-hybridized carbons (Fsp3) is 0.571. The molecule has 2 aliphatic rings. The van der Waals surface area contributed by atoms with Crippen molar-refractivity contribution >= 4 is 15.9 Å². The summed E-state index contributed by atoms with van der Waals surface area (Å²) in [5, 5.41) is 3.63. The molecule has 1 saturated carbocycles. The molecule has 2 unspecified atom stereocenters. The Bertz CT molecular complexity index is 450. The number of nitrogens with one attached hydrogen (secondary N) is 1. The molecule has 0 aromatic heterocycles. The monoisotopic (exact) mass is 311 g/mol. The summed E-state index contributed by atoms with van der Waals surface area (Å²) in [7, 11) is 0. The van der Waals surface area contributed by atoms with Crippen LogP contribution in [-0.4, -0.2) is 12.8 Å². The van der Waals surface area contributed by atoms with E-state index in [4.69, 9.17) is 9.47 Å². The van der Waals surface area contributed by atoms with Crippen LogP contribution in [0.5, 0.6) is 11.5 Å². The molecular formula is C14H18BrNO2. The van der Waals surface area contributed by atoms with Crippen molar-refractivity contribution < 1.29 is 9.47 Å². The largest absolute Gasteiger partial charge is 0.454 e. The van der Waals surface area contributed by atoms with E-state index in [1.54, 1.807) is 0 Å². The number of hydrogen-bond donors (Lipinski definition) is 1. The third-order valence-electron chi connectivity index (χ3n) is 3.82. The Kier molecular flexibility index (Phi) is 3.48. The summed E-state index contributed by atoms with van der Waals surface area (Å²) in [4.78, 5) is 0. The van der Waals surface area contributed by atoms with Gasteiger partial charge in [-0.3, -0.25) is 0 Å². The molecule has 4 heteroatoms. The van der Waals surface area contributed by atoms with Crippen molar-refractivity contribution in [3.8, 4) is 11.5 Å². The first-order chi connectivity index (χ1) is 8.72. The lowest BCUT2D eigenvalue weighted by atomic mass is 10.1. The normalized spacial score (nSPS) is 25.7. The molecule has 3 nitrogen and oxygen atoms in total. The zero-order valence-electron chi connectivity index (χ0n) is 10.5. The van der Waals surface area contributed by atoms with Gasteiger partial charge in [-0.15, -0.1) is 0 Å². The van der Waals surface area contributed by atoms with Crippen molar-refractivity contribution in [1.82, 2.24) is 5.32 Å². The number of halogens is 1. The van der Waals surface area contributed by atoms with E-state index < -0.39 is 0 Å². The standard InChI is InChI=1S/C14H18BrNO2/c1-9-2-3-11(4-9)16-7-10-5-13-14(6-12(10)15)18-8-17-13/h5-6,9,11,16H,2-4,7-8H2,1H3. The van der Waals surface area contributed by atoms with Gasteiger partial charge in [0.25, 0.3) is 0 Å². The van der Waals surface area contributed by atoms with Crippen LogP contribution in [-0.2, 0) is 6.54 Å². The Morgan fingerprint density at radius 2 is 2.06 bits per heavy atom. The molecule has 0 amide bonds. The van der Waals surface area contributed by atoms with Crippen molar-refractivity contribution in [2.24, 2.45) is 5.92 Å². The Balaban J connectivity index is 1.66. The summed E-state index contributed by atoms with van der Waals surface area (Å²) in [6.45, 7) is 3.55. The first kappa shape index (κ1) is 12.3. The number of ether oxygens (including phenoxy) is 2. The third-order valence-corrected chi connectivity index (χ3v) is 4.56. The van der Waals surface area contributed by atoms with E-state index in [1.807, 2.05) is 6.07 Å². The average molecular weight is 312 g/mol. The van der Waals surface area contributed by atoms with Crippen molar-refractivity contribution in [3.63, 3.8) is 0 Å². The van der Waals surface area contributed by atoms with Crippen LogP contribution in [0, 0.1) is 5.92 Å². The molecule has 1 aromatic rings. The van der Waals surface area contributed by atoms with Gasteiger partial charge in [0.1, 0.15) is 0 Å². The smallest absolute Gasteiger partial charge is 0.231 e. The predicted molar refractivity (Wildman–Crippen MR) is 73.9 cm³/mol. The minimum Gasteiger partial charge on any atom is -0.454 e. The lowest BCUT2D eigenvalue weighted by Gasteiger charge is -2.13. The molecular weight excluding hydrogens is 294 g/mol. The quantitative estimate of drug-likeness (QED) is 0.927. The first-order valence-electron chi connectivity index (χ1n) is 6.54. The van der Waals surface area contributed by atoms with Crippen LogP contribution in [0.15, 0.2) is 16.6 Å². The van der Waals surface area contributed by atoms with Crippen molar-refractivity contribution in [1.29, 1.82) is 0 Å². The van der Waals surface area contributed by atoms with Crippen LogP contribution in [0.1, 0.15) is 31.7 Å². The molecule has 3 rings (SSSR count). The number of hydrogen-bond acceptors (Lipinski definition) is 3. The van der Waals surface area contributed by atoms with E-state index >= 15 is 0 Å². The topological polar surface area (TPSA) is 30.5 Å². The third kappa shape index (κ3) is 2.50. The lowest BCUT2D eigenvalue weighted by molar-refractivity contribution is 0.174. The second-order valence-electron chi connectivity index (χ2n) is 5.29. The fourth-order valence-electron chi connectivity index (χ4n) is 2.74. The van der Waals surface area contributed by atoms with E-state index in [0.29, 0.717) is 12.8 Å². The Morgan fingerprint density at radius 1 is 1.28 bits per heavy atom. The van der Waals surface area contributed by atoms with Gasteiger partial charge >= 0.3 is 0 Å². The molecule has 1 heterocycles. The maximum absolute atomic E-state index is 5.41. The second kappa shape index (κ2) is 5.10. The van der Waals surface area contributed by atoms with Crippen LogP contribution in [0.4, 0.5) is 0 Å². The summed E-state index contributed by atoms with van der Waals surface area (Å²) >= 11 is 3.60. The Morgan fingerprint density at radius 3 is 2.78 bits per heavy atom. The lowest BCUT2D eigenvalue weighted by Crippen LogP contribution is -2.25. The number of benzene rings is 1. The number of fused-ring (bicyclic) bond motifs is 1. The van der Waals surface area contributed by atoms with Gasteiger partial charge in [0.2, 0.25) is 6.79 Å². The minimum absolute atomic E-state index is 0.332. The van der Waals surface area contributed by atoms with Crippen LogP contribution >= 0.6 is 15.9 Å². The van der Waals surface area contributed by atoms with Crippen molar-refractivity contribution in [2.75, 3.05) is 6.79 Å². The van der Waals surface area contributed by atoms with E-state index in [0.717, 1.165) is 28.4 Å². The molecule has 0 radical (unpaired) electrons. The van der Waals surface area contributed by atoms with E-state index in [2.05, 4.69) is 34.2 Å². The van der Waals surface area contributed by atoms with Gasteiger partial charge in [-0.25, -0.2) is 0 Å². The molecule has 1 aliphatic heterocycles. The van der Waals surface area contributed by atoms with Crippen molar-refractivity contribution in [3.05, 3.63) is 22.2 Å². The highest BCUT2D eigenvalue weighted by Crippen LogP contribution is 2.37. The van der Waals surface area contributed by atoms with Crippen molar-refractivity contribution in [2.45, 2.75) is 38.8 Å². The van der Waals surface area contributed by atoms with E-state index in [-0.39, 0.29) is 0 Å². The van der Waals surface area contributed by atoms with Gasteiger partial charge in [0.05, 0.1) is 0 Å². The van der Waals surface area contributed by atoms with E-state index in [9.17, 15) is 0 Å². The first-order valence-corrected chi connectivity index (χ1v) is 7.33. The highest BCUT2D eigenvalue weighted by atomic mass is 79.9. The summed E-state index contributed by atoms with van der Waals surface area (Å²) in [6, 6.07) is 4.73. The Labute approximate surface area is 116 Å². The SMILES string of the molecule is CC1CCC(NCc2cc3c(cc2Br)OCO3)C1. The highest BCUT2D eigenvalue weighted by molar-refractivity contribution is 9.10. The zero-order valence-corrected chi connectivity index (χ0v) is 12.1. The second-order valence-corrected chi connectivity index (χ2v) is 6.15. The molecule has 0 saturated heterocycles. The minimum atomic E-state index is 0.332. The van der Waals surface area contributed by atoms with Crippen LogP contribution in [0.25, 0.3) is 0 Å². The van der Waals surface area contributed by atoms with Gasteiger partial charge in [-0.1, -0.05) is 22.9 Å². The van der Waals surface area contributed by atoms with Gasteiger partial charge in [-0.2, -0.15) is 0 Å². The van der Waals surface area contributed by atoms with Gasteiger partial charge < -0.3 is 14.8 Å². The fourth-order valence-corrected chi connectivity index (χ4v) is 3.20. The van der Waals surface area contributed by atoms with Crippen LogP contribution < -0.4 is 14.8 Å². The molecule has 1 aromatic carbocycles. The Hall–Kier alpha value is -0.740. The highest BCUT2D eigenvalue weighted by Gasteiger charge is 2.21. The summed E-state index contributed by atoms with van der Waals surface area (Å²) in [5.74, 6) is 2.55. The summed E-state index contributed by atoms with van der Waals surface area (Å²) in [5.41, 5.74) is 1.24. The predicted octanol–water partition coefficient (Wildman–Crippen LogP) is 3.46. The maximum atomic E-state index is 5.41. The van der Waals surface area contributed by atoms with E-state index in [1.165, 1.54) is 24.8 Å². The summed E-state index contributed by atoms with van der Waals surface area (Å²) < 4.78 is 11.9. The maximum Gasteiger partial charge on any atom is 0.231 e. The molecule has 0 spiro atoms. The van der Waals surface area contributed by atoms with Gasteiger partial charge in [0, 0.05) is 17.1 Å². The summed E-state index contributed by atoms with van der Waals surface area (Å²) in [6.07, 6.45) is 3.94. The average Bonchev–Trinajstić information content (AvgIpc) is 2.94. The molecule has 98 valence electrons. The molecule has 2 atom stereocenters.